The molecule has 0 aromatic heterocycles. The maximum absolute atomic E-state index is 12.3. The van der Waals surface area contributed by atoms with Gasteiger partial charge in [0.15, 0.2) is 17.2 Å². The number of aliphatic imine (C=N–C) groups is 1. The van der Waals surface area contributed by atoms with E-state index in [0.29, 0.717) is 23.7 Å². The van der Waals surface area contributed by atoms with E-state index in [2.05, 4.69) is 27.6 Å². The Morgan fingerprint density at radius 1 is 1.15 bits per heavy atom. The van der Waals surface area contributed by atoms with Gasteiger partial charge in [-0.1, -0.05) is 35.9 Å². The van der Waals surface area contributed by atoms with Crippen LogP contribution in [0.1, 0.15) is 16.7 Å². The third-order valence-electron chi connectivity index (χ3n) is 4.84. The summed E-state index contributed by atoms with van der Waals surface area (Å²) in [7, 11) is 1.53. The Bertz CT molecular complexity index is 1360. The number of nitro benzene ring substituents is 1. The van der Waals surface area contributed by atoms with Crippen LogP contribution in [0.4, 0.5) is 5.69 Å². The van der Waals surface area contributed by atoms with E-state index < -0.39 is 10.9 Å². The first-order chi connectivity index (χ1) is 16.4. The molecule has 0 saturated heterocycles. The van der Waals surface area contributed by atoms with Crippen LogP contribution in [0.2, 0.25) is 5.02 Å². The Balaban J connectivity index is 1.57. The van der Waals surface area contributed by atoms with Crippen molar-refractivity contribution in [2.45, 2.75) is 6.61 Å². The van der Waals surface area contributed by atoms with Crippen molar-refractivity contribution in [2.24, 2.45) is 4.99 Å². The van der Waals surface area contributed by atoms with Gasteiger partial charge in [0.05, 0.1) is 12.0 Å². The molecule has 10 heteroatoms. The van der Waals surface area contributed by atoms with E-state index in [1.165, 1.54) is 31.4 Å². The van der Waals surface area contributed by atoms with Gasteiger partial charge in [0.2, 0.25) is 5.90 Å². The summed E-state index contributed by atoms with van der Waals surface area (Å²) in [4.78, 5) is 27.0. The van der Waals surface area contributed by atoms with Crippen molar-refractivity contribution >= 4 is 57.8 Å². The lowest BCUT2D eigenvalue weighted by Crippen LogP contribution is -2.06. The smallest absolute Gasteiger partial charge is 0.363 e. The summed E-state index contributed by atoms with van der Waals surface area (Å²) < 4.78 is 17.7. The second-order valence-corrected chi connectivity index (χ2v) is 8.62. The highest BCUT2D eigenvalue weighted by Crippen LogP contribution is 2.31. The molecule has 8 nitrogen and oxygen atoms in total. The van der Waals surface area contributed by atoms with Crippen LogP contribution in [0.25, 0.3) is 6.08 Å². The normalized spacial score (nSPS) is 14.0. The van der Waals surface area contributed by atoms with Crippen molar-refractivity contribution in [2.75, 3.05) is 7.11 Å². The lowest BCUT2D eigenvalue weighted by molar-refractivity contribution is -0.384. The number of nitro groups is 1. The van der Waals surface area contributed by atoms with E-state index >= 15 is 0 Å². The molecule has 0 N–H and O–H groups in total. The fourth-order valence-corrected chi connectivity index (χ4v) is 3.87. The minimum Gasteiger partial charge on any atom is -0.493 e. The Labute approximate surface area is 213 Å². The van der Waals surface area contributed by atoms with Crippen molar-refractivity contribution in [3.05, 3.63) is 102 Å². The van der Waals surface area contributed by atoms with Crippen LogP contribution in [-0.2, 0) is 16.1 Å². The number of halogens is 2. The molecule has 0 saturated carbocycles. The number of hydrogen-bond donors (Lipinski definition) is 0. The van der Waals surface area contributed by atoms with Gasteiger partial charge in [-0.05, 0) is 64.6 Å². The first-order valence-electron chi connectivity index (χ1n) is 9.87. The molecule has 0 unspecified atom stereocenters. The van der Waals surface area contributed by atoms with Crippen molar-refractivity contribution in [1.82, 2.24) is 0 Å². The third-order valence-corrected chi connectivity index (χ3v) is 6.21. The Hall–Kier alpha value is -3.44. The summed E-state index contributed by atoms with van der Waals surface area (Å²) >= 11 is 8.10. The summed E-state index contributed by atoms with van der Waals surface area (Å²) in [6, 6.07) is 17.2. The summed E-state index contributed by atoms with van der Waals surface area (Å²) in [5.41, 5.74) is 1.69. The molecule has 1 heterocycles. The minimum absolute atomic E-state index is 0.0224. The number of ether oxygens (including phenoxy) is 3. The first-order valence-corrected chi connectivity index (χ1v) is 11.3. The molecule has 0 amide bonds. The number of carbonyl (C=O) groups is 1. The number of carbonyl (C=O) groups excluding carboxylic acids is 1. The number of hydrogen-bond acceptors (Lipinski definition) is 7. The average Bonchev–Trinajstić information content (AvgIpc) is 3.19. The second-order valence-electron chi connectivity index (χ2n) is 7.05. The van der Waals surface area contributed by atoms with Crippen LogP contribution in [0, 0.1) is 13.7 Å². The van der Waals surface area contributed by atoms with E-state index in [-0.39, 0.29) is 27.9 Å². The largest absolute Gasteiger partial charge is 0.493 e. The third kappa shape index (κ3) is 5.20. The fourth-order valence-electron chi connectivity index (χ4n) is 3.14. The van der Waals surface area contributed by atoms with E-state index in [0.717, 1.165) is 9.13 Å². The molecular weight excluding hydrogens is 575 g/mol. The lowest BCUT2D eigenvalue weighted by atomic mass is 10.1. The summed E-state index contributed by atoms with van der Waals surface area (Å²) in [6.07, 6.45) is 1.53. The molecule has 0 spiro atoms. The molecule has 0 atom stereocenters. The first kappa shape index (κ1) is 23.7. The summed E-state index contributed by atoms with van der Waals surface area (Å²) in [5.74, 6) is 0.325. The van der Waals surface area contributed by atoms with Crippen LogP contribution in [-0.4, -0.2) is 23.9 Å². The number of benzene rings is 3. The zero-order chi connectivity index (χ0) is 24.2. The van der Waals surface area contributed by atoms with Crippen LogP contribution >= 0.6 is 34.2 Å². The highest BCUT2D eigenvalue weighted by Gasteiger charge is 2.26. The lowest BCUT2D eigenvalue weighted by Gasteiger charge is -2.12. The summed E-state index contributed by atoms with van der Waals surface area (Å²) in [6.45, 7) is 0.378. The predicted molar refractivity (Wildman–Crippen MR) is 135 cm³/mol. The van der Waals surface area contributed by atoms with Crippen LogP contribution in [0.5, 0.6) is 11.5 Å². The molecule has 0 aliphatic carbocycles. The molecule has 0 fully saturated rings. The van der Waals surface area contributed by atoms with E-state index in [1.807, 2.05) is 24.3 Å². The maximum atomic E-state index is 12.3. The number of rotatable bonds is 7. The molecule has 1 aliphatic heterocycles. The highest BCUT2D eigenvalue weighted by molar-refractivity contribution is 14.1. The predicted octanol–water partition coefficient (Wildman–Crippen LogP) is 5.78. The number of cyclic esters (lactones) is 1. The summed E-state index contributed by atoms with van der Waals surface area (Å²) in [5, 5.41) is 11.1. The standard InChI is InChI=1S/C24H16ClIN2O6/c1-32-22-11-14(6-9-21(22)33-13-16-4-2-3-5-18(16)26)10-19-24(29)34-23(27-19)15-7-8-17(25)20(12-15)28(30)31/h2-12H,13H2,1H3/b19-10-. The van der Waals surface area contributed by atoms with Crippen LogP contribution in [0.3, 0.4) is 0 Å². The Kier molecular flexibility index (Phi) is 7.13. The molecule has 1 aliphatic rings. The number of methoxy groups -OCH3 is 1. The molecule has 3 aromatic rings. The van der Waals surface area contributed by atoms with Gasteiger partial charge in [-0.25, -0.2) is 9.79 Å². The zero-order valence-corrected chi connectivity index (χ0v) is 20.6. The average molecular weight is 591 g/mol. The topological polar surface area (TPSA) is 100 Å². The highest BCUT2D eigenvalue weighted by atomic mass is 127. The van der Waals surface area contributed by atoms with Gasteiger partial charge >= 0.3 is 5.97 Å². The number of nitrogens with zero attached hydrogens (tertiary/aromatic N) is 2. The molecule has 0 bridgehead atoms. The van der Waals surface area contributed by atoms with Gasteiger partial charge in [-0.2, -0.15) is 0 Å². The van der Waals surface area contributed by atoms with E-state index in [9.17, 15) is 14.9 Å². The van der Waals surface area contributed by atoms with Gasteiger partial charge < -0.3 is 14.2 Å². The van der Waals surface area contributed by atoms with Crippen LogP contribution in [0.15, 0.2) is 71.4 Å². The van der Waals surface area contributed by atoms with Crippen molar-refractivity contribution in [3.8, 4) is 11.5 Å². The molecule has 0 radical (unpaired) electrons. The molecule has 34 heavy (non-hydrogen) atoms. The van der Waals surface area contributed by atoms with E-state index in [1.54, 1.807) is 18.2 Å². The van der Waals surface area contributed by atoms with Crippen molar-refractivity contribution in [3.63, 3.8) is 0 Å². The second kappa shape index (κ2) is 10.2. The van der Waals surface area contributed by atoms with Gasteiger partial charge in [0, 0.05) is 20.8 Å². The molecule has 3 aromatic carbocycles. The molecule has 172 valence electrons. The number of esters is 1. The van der Waals surface area contributed by atoms with Gasteiger partial charge in [0.1, 0.15) is 11.6 Å². The molecular formula is C24H16ClIN2O6. The van der Waals surface area contributed by atoms with Gasteiger partial charge in [0.25, 0.3) is 5.69 Å². The SMILES string of the molecule is COc1cc(/C=C2\N=C(c3ccc(Cl)c([N+](=O)[O-])c3)OC2=O)ccc1OCc1ccccc1I. The van der Waals surface area contributed by atoms with Crippen LogP contribution < -0.4 is 9.47 Å². The fraction of sp³-hybridized carbons (Fsp3) is 0.0833. The maximum Gasteiger partial charge on any atom is 0.363 e. The van der Waals surface area contributed by atoms with Crippen molar-refractivity contribution < 1.29 is 23.9 Å². The van der Waals surface area contributed by atoms with E-state index in [4.69, 9.17) is 25.8 Å². The van der Waals surface area contributed by atoms with Gasteiger partial charge in [-0.15, -0.1) is 0 Å². The Morgan fingerprint density at radius 3 is 2.68 bits per heavy atom. The Morgan fingerprint density at radius 2 is 1.94 bits per heavy atom. The van der Waals surface area contributed by atoms with Crippen molar-refractivity contribution in [1.29, 1.82) is 0 Å². The van der Waals surface area contributed by atoms with Gasteiger partial charge in [-0.3, -0.25) is 10.1 Å². The monoisotopic (exact) mass is 590 g/mol. The molecule has 4 rings (SSSR count). The zero-order valence-electron chi connectivity index (χ0n) is 17.7. The quantitative estimate of drug-likeness (QED) is 0.114. The minimum atomic E-state index is -0.675.